The van der Waals surface area contributed by atoms with Crippen molar-refractivity contribution < 1.29 is 0 Å². The van der Waals surface area contributed by atoms with Crippen molar-refractivity contribution in [2.24, 2.45) is 0 Å². The molecular formula is C8H7ClN4S2. The van der Waals surface area contributed by atoms with Gasteiger partial charge in [0.15, 0.2) is 4.34 Å². The first-order valence-electron chi connectivity index (χ1n) is 4.12. The minimum atomic E-state index is 0.254. The Morgan fingerprint density at radius 2 is 2.13 bits per heavy atom. The van der Waals surface area contributed by atoms with Crippen LogP contribution in [0, 0.1) is 13.8 Å². The Labute approximate surface area is 100 Å². The molecule has 0 unspecified atom stereocenters. The Morgan fingerprint density at radius 1 is 1.33 bits per heavy atom. The third-order valence-electron chi connectivity index (χ3n) is 1.59. The van der Waals surface area contributed by atoms with Gasteiger partial charge in [-0.15, -0.1) is 0 Å². The number of aryl methyl sites for hydroxylation is 2. The maximum Gasteiger partial charge on any atom is 0.223 e. The van der Waals surface area contributed by atoms with Crippen LogP contribution in [0.5, 0.6) is 0 Å². The Balaban J connectivity index is 2.27. The van der Waals surface area contributed by atoms with E-state index in [2.05, 4.69) is 19.3 Å². The molecule has 78 valence electrons. The molecule has 0 atom stereocenters. The molecule has 0 aliphatic carbocycles. The molecule has 0 aromatic carbocycles. The summed E-state index contributed by atoms with van der Waals surface area (Å²) in [5.74, 6) is 0.778. The lowest BCUT2D eigenvalue weighted by atomic mass is 10.4. The van der Waals surface area contributed by atoms with Crippen LogP contribution >= 0.6 is 34.9 Å². The van der Waals surface area contributed by atoms with Gasteiger partial charge in [-0.2, -0.15) is 4.37 Å². The van der Waals surface area contributed by atoms with Crippen LogP contribution in [0.4, 0.5) is 0 Å². The van der Waals surface area contributed by atoms with Crippen LogP contribution in [0.2, 0.25) is 5.28 Å². The molecule has 0 radical (unpaired) electrons. The van der Waals surface area contributed by atoms with Crippen LogP contribution in [-0.2, 0) is 0 Å². The highest BCUT2D eigenvalue weighted by molar-refractivity contribution is 8.00. The van der Waals surface area contributed by atoms with E-state index in [1.165, 1.54) is 23.3 Å². The molecule has 4 nitrogen and oxygen atoms in total. The van der Waals surface area contributed by atoms with Gasteiger partial charge in [0.2, 0.25) is 5.28 Å². The van der Waals surface area contributed by atoms with E-state index in [1.807, 2.05) is 13.8 Å². The molecule has 2 rings (SSSR count). The van der Waals surface area contributed by atoms with Gasteiger partial charge in [-0.25, -0.2) is 15.0 Å². The van der Waals surface area contributed by atoms with Crippen molar-refractivity contribution in [3.05, 3.63) is 22.9 Å². The molecule has 15 heavy (non-hydrogen) atoms. The predicted molar refractivity (Wildman–Crippen MR) is 60.5 cm³/mol. The van der Waals surface area contributed by atoms with E-state index >= 15 is 0 Å². The zero-order valence-corrected chi connectivity index (χ0v) is 10.4. The number of hydrogen-bond acceptors (Lipinski definition) is 6. The van der Waals surface area contributed by atoms with Gasteiger partial charge in [-0.3, -0.25) is 0 Å². The summed E-state index contributed by atoms with van der Waals surface area (Å²) in [5.41, 5.74) is 0.984. The Hall–Kier alpha value is -0.720. The number of rotatable bonds is 2. The van der Waals surface area contributed by atoms with Crippen molar-refractivity contribution in [2.75, 3.05) is 0 Å². The van der Waals surface area contributed by atoms with Gasteiger partial charge >= 0.3 is 0 Å². The van der Waals surface area contributed by atoms with Gasteiger partial charge in [0, 0.05) is 11.8 Å². The summed E-state index contributed by atoms with van der Waals surface area (Å²) in [7, 11) is 0. The molecule has 0 saturated heterocycles. The maximum atomic E-state index is 5.72. The van der Waals surface area contributed by atoms with E-state index in [-0.39, 0.29) is 5.28 Å². The lowest BCUT2D eigenvalue weighted by Crippen LogP contribution is -1.89. The van der Waals surface area contributed by atoms with E-state index in [4.69, 9.17) is 11.6 Å². The highest BCUT2D eigenvalue weighted by Crippen LogP contribution is 2.29. The lowest BCUT2D eigenvalue weighted by molar-refractivity contribution is 1.000. The second-order valence-electron chi connectivity index (χ2n) is 2.84. The van der Waals surface area contributed by atoms with E-state index < -0.39 is 0 Å². The molecule has 0 bridgehead atoms. The fraction of sp³-hybridized carbons (Fsp3) is 0.250. The second-order valence-corrected chi connectivity index (χ2v) is 5.16. The molecule has 7 heteroatoms. The summed E-state index contributed by atoms with van der Waals surface area (Å²) in [6, 6.07) is 0. The zero-order chi connectivity index (χ0) is 10.8. The van der Waals surface area contributed by atoms with E-state index in [9.17, 15) is 0 Å². The Bertz CT molecular complexity index is 485. The van der Waals surface area contributed by atoms with Crippen LogP contribution in [-0.4, -0.2) is 19.3 Å². The van der Waals surface area contributed by atoms with Gasteiger partial charge in [-0.05, 0) is 48.7 Å². The van der Waals surface area contributed by atoms with Crippen LogP contribution < -0.4 is 0 Å². The summed E-state index contributed by atoms with van der Waals surface area (Å²) in [5, 5.41) is 1.08. The van der Waals surface area contributed by atoms with Crippen molar-refractivity contribution in [1.29, 1.82) is 0 Å². The fourth-order valence-corrected chi connectivity index (χ4v) is 2.71. The SMILES string of the molecule is Cc1nsc(Sc2nc(Cl)ncc2C)n1. The third-order valence-corrected chi connectivity index (χ3v) is 3.72. The standard InChI is InChI=1S/C8H7ClN4S2/c1-4-3-10-7(9)12-6(4)14-8-11-5(2)13-15-8/h3H,1-2H3. The average Bonchev–Trinajstić information content (AvgIpc) is 2.58. The van der Waals surface area contributed by atoms with Gasteiger partial charge in [0.05, 0.1) is 0 Å². The number of halogens is 1. The van der Waals surface area contributed by atoms with E-state index in [0.29, 0.717) is 0 Å². The minimum Gasteiger partial charge on any atom is -0.226 e. The molecule has 0 amide bonds. The molecule has 0 N–H and O–H groups in total. The van der Waals surface area contributed by atoms with E-state index in [0.717, 1.165) is 20.8 Å². The molecule has 0 saturated carbocycles. The largest absolute Gasteiger partial charge is 0.226 e. The molecule has 0 spiro atoms. The number of hydrogen-bond donors (Lipinski definition) is 0. The first kappa shape index (κ1) is 10.8. The number of aromatic nitrogens is 4. The quantitative estimate of drug-likeness (QED) is 0.612. The smallest absolute Gasteiger partial charge is 0.223 e. The Morgan fingerprint density at radius 3 is 2.80 bits per heavy atom. The van der Waals surface area contributed by atoms with Crippen LogP contribution in [0.15, 0.2) is 15.6 Å². The van der Waals surface area contributed by atoms with E-state index in [1.54, 1.807) is 6.20 Å². The highest BCUT2D eigenvalue weighted by Gasteiger charge is 2.08. The van der Waals surface area contributed by atoms with Gasteiger partial charge < -0.3 is 0 Å². The third kappa shape index (κ3) is 2.64. The lowest BCUT2D eigenvalue weighted by Gasteiger charge is -2.00. The summed E-state index contributed by atoms with van der Waals surface area (Å²) < 4.78 is 4.96. The van der Waals surface area contributed by atoms with Crippen LogP contribution in [0.25, 0.3) is 0 Å². The van der Waals surface area contributed by atoms with Crippen molar-refractivity contribution in [2.45, 2.75) is 23.2 Å². The topological polar surface area (TPSA) is 51.6 Å². The second kappa shape index (κ2) is 4.42. The number of nitrogens with zero attached hydrogens (tertiary/aromatic N) is 4. The predicted octanol–water partition coefficient (Wildman–Crippen LogP) is 2.75. The van der Waals surface area contributed by atoms with Gasteiger partial charge in [0.1, 0.15) is 10.9 Å². The average molecular weight is 259 g/mol. The molecule has 2 aromatic heterocycles. The minimum absolute atomic E-state index is 0.254. The van der Waals surface area contributed by atoms with Crippen LogP contribution in [0.1, 0.15) is 11.4 Å². The highest BCUT2D eigenvalue weighted by atomic mass is 35.5. The maximum absolute atomic E-state index is 5.72. The van der Waals surface area contributed by atoms with Crippen molar-refractivity contribution >= 4 is 34.9 Å². The van der Waals surface area contributed by atoms with Gasteiger partial charge in [0.25, 0.3) is 0 Å². The normalized spacial score (nSPS) is 10.6. The van der Waals surface area contributed by atoms with Crippen molar-refractivity contribution in [1.82, 2.24) is 19.3 Å². The zero-order valence-electron chi connectivity index (χ0n) is 8.06. The summed E-state index contributed by atoms with van der Waals surface area (Å²) in [6.45, 7) is 3.80. The monoisotopic (exact) mass is 258 g/mol. The van der Waals surface area contributed by atoms with Crippen molar-refractivity contribution in [3.8, 4) is 0 Å². The first-order chi connectivity index (χ1) is 7.15. The molecule has 0 aliphatic heterocycles. The fourth-order valence-electron chi connectivity index (χ4n) is 0.912. The summed E-state index contributed by atoms with van der Waals surface area (Å²) >= 11 is 8.54. The molecule has 0 fully saturated rings. The van der Waals surface area contributed by atoms with Gasteiger partial charge in [-0.1, -0.05) is 0 Å². The first-order valence-corrected chi connectivity index (χ1v) is 6.09. The summed E-state index contributed by atoms with van der Waals surface area (Å²) in [4.78, 5) is 12.3. The van der Waals surface area contributed by atoms with Crippen LogP contribution in [0.3, 0.4) is 0 Å². The molecular weight excluding hydrogens is 252 g/mol. The molecule has 0 aliphatic rings. The molecule has 2 aromatic rings. The van der Waals surface area contributed by atoms with Crippen molar-refractivity contribution in [3.63, 3.8) is 0 Å². The molecule has 2 heterocycles. The Kier molecular flexibility index (Phi) is 3.18. The summed E-state index contributed by atoms with van der Waals surface area (Å²) in [6.07, 6.45) is 1.70.